The smallest absolute Gasteiger partial charge is 0.252 e. The lowest BCUT2D eigenvalue weighted by Gasteiger charge is -2.00. The van der Waals surface area contributed by atoms with E-state index in [2.05, 4.69) is 27.9 Å². The van der Waals surface area contributed by atoms with E-state index in [4.69, 9.17) is 5.73 Å². The normalized spacial score (nSPS) is 9.29. The van der Waals surface area contributed by atoms with Gasteiger partial charge in [-0.25, -0.2) is 0 Å². The number of thiophene rings is 1. The Hall–Kier alpha value is 0.150. The number of hydrogen-bond donors (Lipinski definition) is 2. The molecule has 0 aliphatic carbocycles. The van der Waals surface area contributed by atoms with Crippen molar-refractivity contribution in [1.29, 1.82) is 0 Å². The monoisotopic (exact) mass is 346 g/mol. The molecule has 0 bridgehead atoms. The van der Waals surface area contributed by atoms with Gasteiger partial charge in [0.2, 0.25) is 0 Å². The van der Waals surface area contributed by atoms with Crippen LogP contribution >= 0.6 is 46.3 Å². The summed E-state index contributed by atoms with van der Waals surface area (Å²) in [4.78, 5) is 11.4. The van der Waals surface area contributed by atoms with Crippen molar-refractivity contribution in [2.24, 2.45) is 5.73 Å². The predicted octanol–water partition coefficient (Wildman–Crippen LogP) is 1.85. The largest absolute Gasteiger partial charge is 0.352 e. The summed E-state index contributed by atoms with van der Waals surface area (Å²) in [5.74, 6) is -0.00684. The van der Waals surface area contributed by atoms with Crippen LogP contribution in [0.25, 0.3) is 0 Å². The predicted molar refractivity (Wildman–Crippen MR) is 70.3 cm³/mol. The zero-order valence-corrected chi connectivity index (χ0v) is 11.2. The van der Waals surface area contributed by atoms with E-state index in [1.807, 2.05) is 11.4 Å². The second-order valence-electron chi connectivity index (χ2n) is 2.54. The molecule has 3 N–H and O–H groups in total. The average molecular weight is 347 g/mol. The number of nitrogens with one attached hydrogen (secondary N) is 1. The number of nitrogens with two attached hydrogens (primary N) is 1. The molecule has 1 rings (SSSR count). The first-order valence-corrected chi connectivity index (χ1v) is 5.92. The lowest BCUT2D eigenvalue weighted by atomic mass is 10.3. The Bertz CT molecular complexity index is 293. The number of carbonyl (C=O) groups is 1. The van der Waals surface area contributed by atoms with Crippen molar-refractivity contribution in [3.63, 3.8) is 0 Å². The van der Waals surface area contributed by atoms with Crippen LogP contribution in [-0.2, 0) is 0 Å². The molecule has 1 amide bonds. The fourth-order valence-electron chi connectivity index (χ4n) is 0.835. The molecule has 0 saturated heterocycles. The molecule has 3 nitrogen and oxygen atoms in total. The molecule has 0 aliphatic rings. The van der Waals surface area contributed by atoms with Crippen molar-refractivity contribution in [3.8, 4) is 0 Å². The summed E-state index contributed by atoms with van der Waals surface area (Å²) in [6, 6.07) is 1.88. The molecule has 0 atom stereocenters. The minimum Gasteiger partial charge on any atom is -0.352 e. The first-order chi connectivity index (χ1) is 6.24. The summed E-state index contributed by atoms with van der Waals surface area (Å²) in [5, 5.41) is 4.66. The van der Waals surface area contributed by atoms with Crippen LogP contribution in [0.2, 0.25) is 0 Å². The van der Waals surface area contributed by atoms with Gasteiger partial charge in [0.25, 0.3) is 5.91 Å². The number of carbonyl (C=O) groups excluding carboxylic acids is 1. The van der Waals surface area contributed by atoms with Gasteiger partial charge in [-0.2, -0.15) is 0 Å². The number of rotatable bonds is 4. The second kappa shape index (κ2) is 7.44. The van der Waals surface area contributed by atoms with E-state index in [0.717, 1.165) is 14.9 Å². The Morgan fingerprint density at radius 2 is 2.36 bits per heavy atom. The zero-order valence-electron chi connectivity index (χ0n) is 7.46. The lowest BCUT2D eigenvalue weighted by Crippen LogP contribution is -2.25. The molecule has 0 radical (unpaired) electrons. The molecule has 0 aliphatic heterocycles. The van der Waals surface area contributed by atoms with Gasteiger partial charge in [0, 0.05) is 11.9 Å². The van der Waals surface area contributed by atoms with Crippen molar-refractivity contribution >= 4 is 52.2 Å². The molecule has 1 aromatic rings. The molecule has 1 aromatic heterocycles. The molecule has 0 fully saturated rings. The van der Waals surface area contributed by atoms with Gasteiger partial charge in [-0.1, -0.05) is 0 Å². The standard InChI is InChI=1S/C8H11IN2OS.ClH/c9-7-4-6(5-13-7)8(12)11-3-1-2-10;/h4-5H,1-3,10H2,(H,11,12);1H. The van der Waals surface area contributed by atoms with Gasteiger partial charge >= 0.3 is 0 Å². The highest BCUT2D eigenvalue weighted by Gasteiger charge is 2.05. The third-order valence-electron chi connectivity index (χ3n) is 1.50. The second-order valence-corrected chi connectivity index (χ2v) is 5.34. The van der Waals surface area contributed by atoms with Crippen molar-refractivity contribution in [2.45, 2.75) is 6.42 Å². The minimum absolute atomic E-state index is 0. The Kier molecular flexibility index (Phi) is 7.52. The summed E-state index contributed by atoms with van der Waals surface area (Å²) >= 11 is 3.77. The maximum atomic E-state index is 11.4. The molecule has 1 heterocycles. The first-order valence-electron chi connectivity index (χ1n) is 3.96. The SMILES string of the molecule is Cl.NCCCNC(=O)c1csc(I)c1. The average Bonchev–Trinajstić information content (AvgIpc) is 2.52. The third-order valence-corrected chi connectivity index (χ3v) is 3.29. The molecule has 6 heteroatoms. The van der Waals surface area contributed by atoms with Gasteiger partial charge in [-0.15, -0.1) is 23.7 Å². The molecular weight excluding hydrogens is 335 g/mol. The number of halogens is 2. The molecule has 0 unspecified atom stereocenters. The fraction of sp³-hybridized carbons (Fsp3) is 0.375. The lowest BCUT2D eigenvalue weighted by molar-refractivity contribution is 0.0954. The van der Waals surface area contributed by atoms with Crippen molar-refractivity contribution in [3.05, 3.63) is 19.9 Å². The van der Waals surface area contributed by atoms with Crippen LogP contribution in [0.4, 0.5) is 0 Å². The van der Waals surface area contributed by atoms with Gasteiger partial charge in [0.05, 0.1) is 8.45 Å². The van der Waals surface area contributed by atoms with Crippen LogP contribution in [-0.4, -0.2) is 19.0 Å². The van der Waals surface area contributed by atoms with Crippen LogP contribution in [0.3, 0.4) is 0 Å². The van der Waals surface area contributed by atoms with Crippen LogP contribution in [0.1, 0.15) is 16.8 Å². The van der Waals surface area contributed by atoms with E-state index in [0.29, 0.717) is 13.1 Å². The van der Waals surface area contributed by atoms with Gasteiger partial charge in [-0.05, 0) is 41.6 Å². The Morgan fingerprint density at radius 3 is 2.86 bits per heavy atom. The molecule has 80 valence electrons. The summed E-state index contributed by atoms with van der Waals surface area (Å²) in [6.45, 7) is 1.27. The fourth-order valence-corrected chi connectivity index (χ4v) is 2.16. The van der Waals surface area contributed by atoms with Gasteiger partial charge in [-0.3, -0.25) is 4.79 Å². The van der Waals surface area contributed by atoms with Gasteiger partial charge in [0.15, 0.2) is 0 Å². The van der Waals surface area contributed by atoms with Gasteiger partial charge in [0.1, 0.15) is 0 Å². The molecular formula is C8H12ClIN2OS. The molecule has 14 heavy (non-hydrogen) atoms. The van der Waals surface area contributed by atoms with E-state index in [1.54, 1.807) is 11.3 Å². The number of hydrogen-bond acceptors (Lipinski definition) is 3. The van der Waals surface area contributed by atoms with E-state index >= 15 is 0 Å². The maximum Gasteiger partial charge on any atom is 0.252 e. The highest BCUT2D eigenvalue weighted by molar-refractivity contribution is 14.1. The van der Waals surface area contributed by atoms with Crippen LogP contribution in [0.5, 0.6) is 0 Å². The van der Waals surface area contributed by atoms with Crippen molar-refractivity contribution < 1.29 is 4.79 Å². The summed E-state index contributed by atoms with van der Waals surface area (Å²) in [7, 11) is 0. The van der Waals surface area contributed by atoms with Crippen molar-refractivity contribution in [1.82, 2.24) is 5.32 Å². The summed E-state index contributed by atoms with van der Waals surface area (Å²) < 4.78 is 1.13. The minimum atomic E-state index is -0.00684. The van der Waals surface area contributed by atoms with Crippen molar-refractivity contribution in [2.75, 3.05) is 13.1 Å². The van der Waals surface area contributed by atoms with Crippen LogP contribution < -0.4 is 11.1 Å². The van der Waals surface area contributed by atoms with E-state index in [9.17, 15) is 4.79 Å². The highest BCUT2D eigenvalue weighted by Crippen LogP contribution is 2.16. The van der Waals surface area contributed by atoms with Gasteiger partial charge < -0.3 is 11.1 Å². The Morgan fingerprint density at radius 1 is 1.64 bits per heavy atom. The maximum absolute atomic E-state index is 11.4. The topological polar surface area (TPSA) is 55.1 Å². The summed E-state index contributed by atoms with van der Waals surface area (Å²) in [5.41, 5.74) is 6.05. The number of amides is 1. The molecule has 0 aromatic carbocycles. The highest BCUT2D eigenvalue weighted by atomic mass is 127. The molecule has 0 spiro atoms. The Balaban J connectivity index is 0.00000169. The zero-order chi connectivity index (χ0) is 9.68. The Labute approximate surface area is 107 Å². The van der Waals surface area contributed by atoms with E-state index < -0.39 is 0 Å². The van der Waals surface area contributed by atoms with E-state index in [-0.39, 0.29) is 18.3 Å². The van der Waals surface area contributed by atoms with Crippen LogP contribution in [0.15, 0.2) is 11.4 Å². The first kappa shape index (κ1) is 14.2. The summed E-state index contributed by atoms with van der Waals surface area (Å²) in [6.07, 6.45) is 0.826. The molecule has 0 saturated carbocycles. The quantitative estimate of drug-likeness (QED) is 0.646. The van der Waals surface area contributed by atoms with E-state index in [1.165, 1.54) is 0 Å². The third kappa shape index (κ3) is 4.59. The van der Waals surface area contributed by atoms with Crippen LogP contribution in [0, 0.1) is 2.88 Å².